The van der Waals surface area contributed by atoms with Crippen LogP contribution in [0.25, 0.3) is 11.4 Å². The summed E-state index contributed by atoms with van der Waals surface area (Å²) in [7, 11) is 0. The van der Waals surface area contributed by atoms with E-state index in [0.29, 0.717) is 0 Å². The maximum atomic E-state index is 15.5. The summed E-state index contributed by atoms with van der Waals surface area (Å²) in [6, 6.07) is -0.568. The van der Waals surface area contributed by atoms with Crippen LogP contribution in [0.5, 0.6) is 0 Å². The van der Waals surface area contributed by atoms with E-state index in [1.807, 2.05) is 10.6 Å². The second-order valence-electron chi connectivity index (χ2n) is 8.58. The molecule has 0 radical (unpaired) electrons. The fraction of sp³-hybridized carbons (Fsp3) is 0.450. The van der Waals surface area contributed by atoms with Gasteiger partial charge in [-0.2, -0.15) is 26.9 Å². The van der Waals surface area contributed by atoms with Crippen LogP contribution in [0, 0.1) is 11.2 Å². The zero-order valence-corrected chi connectivity index (χ0v) is 18.0. The summed E-state index contributed by atoms with van der Waals surface area (Å²) >= 11 is 0. The Morgan fingerprint density at radius 3 is 2.42 bits per heavy atom. The minimum absolute atomic E-state index is 0.112. The van der Waals surface area contributed by atoms with E-state index in [0.717, 1.165) is 17.0 Å². The molecular formula is C20H15F6N5O5. The zero-order valence-electron chi connectivity index (χ0n) is 18.0. The molecule has 1 aromatic heterocycles. The first-order valence-electron chi connectivity index (χ1n) is 10.4. The molecule has 1 spiro atoms. The fourth-order valence-corrected chi connectivity index (χ4v) is 5.08. The number of hydrogen-bond donors (Lipinski definition) is 2. The number of morpholine rings is 1. The molecule has 0 bridgehead atoms. The highest BCUT2D eigenvalue weighted by Gasteiger charge is 2.65. The lowest BCUT2D eigenvalue weighted by Crippen LogP contribution is -2.76. The molecule has 2 fully saturated rings. The molecule has 3 atom stereocenters. The summed E-state index contributed by atoms with van der Waals surface area (Å²) < 4.78 is 91.5. The largest absolute Gasteiger partial charge is 0.416 e. The number of benzene rings is 1. The highest BCUT2D eigenvalue weighted by molar-refractivity contribution is 6.20. The first kappa shape index (κ1) is 24.0. The van der Waals surface area contributed by atoms with E-state index in [1.165, 1.54) is 6.92 Å². The van der Waals surface area contributed by atoms with E-state index < -0.39 is 84.6 Å². The van der Waals surface area contributed by atoms with Crippen LogP contribution < -0.4 is 15.5 Å². The predicted molar refractivity (Wildman–Crippen MR) is 104 cm³/mol. The monoisotopic (exact) mass is 519 g/mol. The van der Waals surface area contributed by atoms with Gasteiger partial charge in [0.2, 0.25) is 17.6 Å². The number of fused-ring (bicyclic) bond motifs is 4. The molecule has 16 heteroatoms. The molecule has 10 nitrogen and oxygen atoms in total. The molecule has 0 unspecified atom stereocenters. The van der Waals surface area contributed by atoms with Crippen molar-refractivity contribution in [1.29, 1.82) is 0 Å². The second-order valence-corrected chi connectivity index (χ2v) is 8.58. The molecule has 4 amide bonds. The maximum absolute atomic E-state index is 15.5. The molecule has 0 saturated carbocycles. The quantitative estimate of drug-likeness (QED) is 0.457. The summed E-state index contributed by atoms with van der Waals surface area (Å²) in [6.45, 7) is 0.243. The molecule has 2 N–H and O–H groups in total. The van der Waals surface area contributed by atoms with E-state index in [2.05, 4.69) is 14.7 Å². The van der Waals surface area contributed by atoms with Crippen LogP contribution >= 0.6 is 0 Å². The van der Waals surface area contributed by atoms with Crippen LogP contribution in [-0.2, 0) is 20.7 Å². The lowest BCUT2D eigenvalue weighted by Gasteiger charge is -2.55. The average molecular weight is 519 g/mol. The van der Waals surface area contributed by atoms with Crippen molar-refractivity contribution in [2.45, 2.75) is 44.2 Å². The number of nitrogens with one attached hydrogen (secondary N) is 2. The van der Waals surface area contributed by atoms with Crippen LogP contribution in [0.3, 0.4) is 0 Å². The van der Waals surface area contributed by atoms with E-state index >= 15 is 4.39 Å². The van der Waals surface area contributed by atoms with Gasteiger partial charge in [-0.15, -0.1) is 0 Å². The minimum Gasteiger partial charge on any atom is -0.362 e. The van der Waals surface area contributed by atoms with Crippen LogP contribution in [0.2, 0.25) is 0 Å². The first-order valence-corrected chi connectivity index (χ1v) is 10.4. The number of imide groups is 2. The number of carbonyl (C=O) groups is 3. The number of urea groups is 1. The number of nitrogens with zero attached hydrogens (tertiary/aromatic N) is 3. The van der Waals surface area contributed by atoms with Crippen molar-refractivity contribution < 1.29 is 50.0 Å². The summed E-state index contributed by atoms with van der Waals surface area (Å²) in [5.41, 5.74) is -2.82. The summed E-state index contributed by atoms with van der Waals surface area (Å²) in [5.74, 6) is -4.78. The van der Waals surface area contributed by atoms with Crippen molar-refractivity contribution in [2.24, 2.45) is 5.41 Å². The van der Waals surface area contributed by atoms with E-state index in [9.17, 15) is 36.3 Å². The number of aromatic nitrogens is 2. The number of rotatable bonds is 2. The van der Waals surface area contributed by atoms with Crippen molar-refractivity contribution >= 4 is 23.5 Å². The Morgan fingerprint density at radius 2 is 1.83 bits per heavy atom. The maximum Gasteiger partial charge on any atom is 0.416 e. The van der Waals surface area contributed by atoms with Crippen molar-refractivity contribution in [3.8, 4) is 11.4 Å². The fourth-order valence-electron chi connectivity index (χ4n) is 5.08. The topological polar surface area (TPSA) is 127 Å². The van der Waals surface area contributed by atoms with Gasteiger partial charge in [0.1, 0.15) is 5.82 Å². The van der Waals surface area contributed by atoms with Crippen molar-refractivity contribution in [1.82, 2.24) is 20.8 Å². The van der Waals surface area contributed by atoms with Gasteiger partial charge in [0.25, 0.3) is 5.89 Å². The van der Waals surface area contributed by atoms with Gasteiger partial charge in [0.05, 0.1) is 24.4 Å². The summed E-state index contributed by atoms with van der Waals surface area (Å²) in [6.07, 6.45) is -12.3. The molecule has 192 valence electrons. The van der Waals surface area contributed by atoms with Crippen LogP contribution in [0.15, 0.2) is 16.7 Å². The number of carbonyl (C=O) groups excluding carboxylic acids is 3. The van der Waals surface area contributed by atoms with Gasteiger partial charge in [-0.1, -0.05) is 5.16 Å². The standard InChI is InChI=1S/C20H15F6N5O5/c1-6-12-19(16(32)28-18(34)29-17(19)33)4-8-2-7(14-27-15(13(22)23)36-30-14)3-9(21)11(8)31(12)5-10(35-6)20(24,25)26/h2-3,6,10,12-13H,4-5H2,1H3,(H2,28,29,32,33,34)/t6-,10-,12+/m0/s1. The van der Waals surface area contributed by atoms with Crippen molar-refractivity contribution in [3.05, 3.63) is 29.4 Å². The Kier molecular flexibility index (Phi) is 5.28. The van der Waals surface area contributed by atoms with E-state index in [-0.39, 0.29) is 16.8 Å². The highest BCUT2D eigenvalue weighted by Crippen LogP contribution is 2.49. The van der Waals surface area contributed by atoms with Crippen LogP contribution in [0.4, 0.5) is 36.8 Å². The lowest BCUT2D eigenvalue weighted by molar-refractivity contribution is -0.242. The van der Waals surface area contributed by atoms with Gasteiger partial charge in [-0.25, -0.2) is 9.18 Å². The predicted octanol–water partition coefficient (Wildman–Crippen LogP) is 2.25. The van der Waals surface area contributed by atoms with Gasteiger partial charge < -0.3 is 14.2 Å². The lowest BCUT2D eigenvalue weighted by atomic mass is 9.66. The van der Waals surface area contributed by atoms with Gasteiger partial charge >= 0.3 is 18.6 Å². The molecule has 1 aromatic carbocycles. The molecule has 4 heterocycles. The van der Waals surface area contributed by atoms with Crippen LogP contribution in [0.1, 0.15) is 24.8 Å². The molecule has 2 aromatic rings. The van der Waals surface area contributed by atoms with Gasteiger partial charge in [-0.05, 0) is 24.6 Å². The number of amides is 4. The van der Waals surface area contributed by atoms with E-state index in [1.54, 1.807) is 0 Å². The summed E-state index contributed by atoms with van der Waals surface area (Å²) in [5, 5.41) is 7.24. The molecule has 5 rings (SSSR count). The molecule has 2 saturated heterocycles. The third-order valence-electron chi connectivity index (χ3n) is 6.44. The van der Waals surface area contributed by atoms with E-state index in [4.69, 9.17) is 4.74 Å². The Morgan fingerprint density at radius 1 is 1.17 bits per heavy atom. The summed E-state index contributed by atoms with van der Waals surface area (Å²) in [4.78, 5) is 42.3. The number of hydrogen-bond acceptors (Lipinski definition) is 8. The number of halogens is 6. The van der Waals surface area contributed by atoms with Gasteiger partial charge in [-0.3, -0.25) is 20.2 Å². The third kappa shape index (κ3) is 3.50. The van der Waals surface area contributed by atoms with Gasteiger partial charge in [0.15, 0.2) is 11.5 Å². The van der Waals surface area contributed by atoms with Crippen LogP contribution in [-0.4, -0.2) is 59.0 Å². The Bertz CT molecular complexity index is 1260. The molecular weight excluding hydrogens is 504 g/mol. The Balaban J connectivity index is 1.69. The molecule has 3 aliphatic rings. The first-order chi connectivity index (χ1) is 16.8. The smallest absolute Gasteiger partial charge is 0.362 e. The van der Waals surface area contributed by atoms with Gasteiger partial charge in [0, 0.05) is 12.0 Å². The van der Waals surface area contributed by atoms with Crippen molar-refractivity contribution in [2.75, 3.05) is 11.4 Å². The molecule has 0 aliphatic carbocycles. The number of ether oxygens (including phenoxy) is 1. The number of barbiturate groups is 1. The minimum atomic E-state index is -4.86. The average Bonchev–Trinajstić information content (AvgIpc) is 3.27. The normalized spacial score (nSPS) is 25.5. The molecule has 36 heavy (non-hydrogen) atoms. The molecule has 3 aliphatic heterocycles. The third-order valence-corrected chi connectivity index (χ3v) is 6.44. The number of anilines is 1. The Hall–Kier alpha value is -3.69. The second kappa shape index (κ2) is 7.91. The number of alkyl halides is 5. The highest BCUT2D eigenvalue weighted by atomic mass is 19.4. The van der Waals surface area contributed by atoms with Crippen molar-refractivity contribution in [3.63, 3.8) is 0 Å². The Labute approximate surface area is 196 Å². The SMILES string of the molecule is C[C@@H]1O[C@H](C(F)(F)F)CN2c3c(F)cc(-c4noc(C(F)F)n4)cc3CC3(C(=O)NC(=O)NC3=O)[C@@H]12. The zero-order chi connectivity index (χ0) is 26.2.